The molecule has 3 heterocycles. The number of hydrogen-bond acceptors (Lipinski definition) is 7. The fourth-order valence-corrected chi connectivity index (χ4v) is 6.30. The van der Waals surface area contributed by atoms with Crippen LogP contribution >= 0.6 is 23.2 Å². The Labute approximate surface area is 258 Å². The van der Waals surface area contributed by atoms with Crippen molar-refractivity contribution >= 4 is 40.8 Å². The molecule has 3 N–H and O–H groups in total. The van der Waals surface area contributed by atoms with Crippen LogP contribution in [0.4, 0.5) is 19.0 Å². The number of carbonyl (C=O) groups is 2. The van der Waals surface area contributed by atoms with E-state index in [2.05, 4.69) is 29.0 Å². The van der Waals surface area contributed by atoms with E-state index in [9.17, 15) is 22.8 Å². The van der Waals surface area contributed by atoms with Crippen molar-refractivity contribution < 1.29 is 37.3 Å². The normalized spacial score (nSPS) is 23.6. The van der Waals surface area contributed by atoms with Crippen LogP contribution in [0.2, 0.25) is 10.0 Å². The van der Waals surface area contributed by atoms with Gasteiger partial charge in [0.15, 0.2) is 5.60 Å². The number of aliphatic hydroxyl groups is 1. The number of ether oxygens (including phenoxy) is 2. The largest absolute Gasteiger partial charge is 0.489 e. The first-order chi connectivity index (χ1) is 20.1. The number of amides is 2. The minimum Gasteiger partial charge on any atom is -0.489 e. The molecule has 2 saturated heterocycles. The van der Waals surface area contributed by atoms with E-state index >= 15 is 0 Å². The topological polar surface area (TPSA) is 113 Å². The molecule has 0 spiro atoms. The number of pyridine rings is 1. The van der Waals surface area contributed by atoms with E-state index in [1.807, 2.05) is 5.32 Å². The number of carbonyl (C=O) groups excluding carboxylic acids is 2. The van der Waals surface area contributed by atoms with E-state index in [4.69, 9.17) is 37.8 Å². The first kappa shape index (κ1) is 32.9. The molecule has 43 heavy (non-hydrogen) atoms. The zero-order chi connectivity index (χ0) is 31.7. The lowest BCUT2D eigenvalue weighted by molar-refractivity contribution is -0.135. The Hall–Kier alpha value is -2.96. The molecule has 0 radical (unpaired) electrons. The summed E-state index contributed by atoms with van der Waals surface area (Å²) in [6.45, 7) is 5.83. The molecule has 9 nitrogen and oxygen atoms in total. The molecule has 4 atom stereocenters. The fraction of sp³-hybridized carbons (Fsp3) is 0.552. The van der Waals surface area contributed by atoms with Crippen LogP contribution in [0.5, 0.6) is 11.5 Å². The van der Waals surface area contributed by atoms with Crippen molar-refractivity contribution in [3.8, 4) is 11.5 Å². The number of alkyl halides is 3. The molecule has 2 bridgehead atoms. The number of rotatable bonds is 10. The zero-order valence-electron chi connectivity index (χ0n) is 24.2. The molecular formula is C29H35Cl2F3N4O5. The monoisotopic (exact) mass is 646 g/mol. The van der Waals surface area contributed by atoms with Crippen LogP contribution in [-0.2, 0) is 4.79 Å². The van der Waals surface area contributed by atoms with Crippen molar-refractivity contribution in [2.75, 3.05) is 24.7 Å². The van der Waals surface area contributed by atoms with Gasteiger partial charge in [-0.2, -0.15) is 13.2 Å². The van der Waals surface area contributed by atoms with E-state index in [0.717, 1.165) is 12.8 Å². The van der Waals surface area contributed by atoms with Gasteiger partial charge in [0.25, 0.3) is 11.8 Å². The molecule has 2 aliphatic heterocycles. The first-order valence-electron chi connectivity index (χ1n) is 13.9. The third-order valence-electron chi connectivity index (χ3n) is 8.28. The van der Waals surface area contributed by atoms with Crippen molar-refractivity contribution in [1.29, 1.82) is 0 Å². The van der Waals surface area contributed by atoms with E-state index in [1.54, 1.807) is 19.9 Å². The summed E-state index contributed by atoms with van der Waals surface area (Å²) >= 11 is 12.5. The summed E-state index contributed by atoms with van der Waals surface area (Å²) in [5.41, 5.74) is -1.65. The second-order valence-corrected chi connectivity index (χ2v) is 12.4. The Balaban J connectivity index is 1.44. The van der Waals surface area contributed by atoms with Gasteiger partial charge in [-0.3, -0.25) is 9.59 Å². The van der Waals surface area contributed by atoms with Crippen molar-refractivity contribution in [2.24, 2.45) is 5.92 Å². The Kier molecular flexibility index (Phi) is 9.63. The minimum atomic E-state index is -4.50. The number of nitrogens with zero attached hydrogens (tertiary/aromatic N) is 2. The molecule has 2 fully saturated rings. The molecule has 236 valence electrons. The number of fused-ring (bicyclic) bond motifs is 2. The highest BCUT2D eigenvalue weighted by molar-refractivity contribution is 6.36. The zero-order valence-corrected chi connectivity index (χ0v) is 25.7. The molecule has 2 aromatic rings. The van der Waals surface area contributed by atoms with Crippen LogP contribution in [0.15, 0.2) is 30.5 Å². The summed E-state index contributed by atoms with van der Waals surface area (Å²) in [5.74, 6) is -0.110. The molecule has 4 rings (SSSR count). The lowest BCUT2D eigenvalue weighted by atomic mass is 9.76. The maximum atomic E-state index is 13.5. The lowest BCUT2D eigenvalue weighted by Gasteiger charge is -2.51. The molecule has 14 heteroatoms. The average Bonchev–Trinajstić information content (AvgIpc) is 3.21. The van der Waals surface area contributed by atoms with Crippen molar-refractivity contribution in [3.05, 3.63) is 46.1 Å². The molecule has 1 aromatic carbocycles. The van der Waals surface area contributed by atoms with Crippen molar-refractivity contribution in [3.63, 3.8) is 0 Å². The molecule has 1 aromatic heterocycles. The van der Waals surface area contributed by atoms with Crippen LogP contribution in [0, 0.1) is 5.92 Å². The predicted molar refractivity (Wildman–Crippen MR) is 156 cm³/mol. The van der Waals surface area contributed by atoms with Crippen LogP contribution in [0.3, 0.4) is 0 Å². The van der Waals surface area contributed by atoms with E-state index in [1.165, 1.54) is 24.4 Å². The van der Waals surface area contributed by atoms with Gasteiger partial charge in [-0.1, -0.05) is 30.1 Å². The van der Waals surface area contributed by atoms with Gasteiger partial charge >= 0.3 is 6.18 Å². The SMILES string of the molecule is C[C@@H]1C(NC(=O)C(C)(C)Oc2cc(OCCO)c(Cl)cc2Cl)CC2CC[C@@]1(C)N2c1ccc(C(=O)NCC(F)(F)F)cn1. The molecule has 2 amide bonds. The lowest BCUT2D eigenvalue weighted by Crippen LogP contribution is -2.63. The summed E-state index contributed by atoms with van der Waals surface area (Å²) < 4.78 is 48.9. The minimum absolute atomic E-state index is 0.0137. The highest BCUT2D eigenvalue weighted by Gasteiger charge is 2.54. The summed E-state index contributed by atoms with van der Waals surface area (Å²) in [4.78, 5) is 32.3. The third kappa shape index (κ3) is 7.24. The van der Waals surface area contributed by atoms with E-state index in [-0.39, 0.29) is 69.8 Å². The van der Waals surface area contributed by atoms with Gasteiger partial charge in [-0.15, -0.1) is 0 Å². The van der Waals surface area contributed by atoms with Crippen LogP contribution < -0.4 is 25.0 Å². The summed E-state index contributed by atoms with van der Waals surface area (Å²) in [5, 5.41) is 14.5. The van der Waals surface area contributed by atoms with Crippen LogP contribution in [0.25, 0.3) is 0 Å². The fourth-order valence-electron chi connectivity index (χ4n) is 5.82. The smallest absolute Gasteiger partial charge is 0.405 e. The number of piperidine rings is 1. The van der Waals surface area contributed by atoms with Gasteiger partial charge in [0.2, 0.25) is 0 Å². The first-order valence-corrected chi connectivity index (χ1v) is 14.6. The number of aliphatic hydroxyl groups excluding tert-OH is 1. The molecular weight excluding hydrogens is 612 g/mol. The number of nitrogens with one attached hydrogen (secondary N) is 2. The van der Waals surface area contributed by atoms with E-state index < -0.39 is 24.2 Å². The molecule has 0 saturated carbocycles. The Morgan fingerprint density at radius 3 is 2.51 bits per heavy atom. The third-order valence-corrected chi connectivity index (χ3v) is 8.87. The molecule has 2 unspecified atom stereocenters. The maximum absolute atomic E-state index is 13.5. The van der Waals surface area contributed by atoms with Gasteiger partial charge in [0.1, 0.15) is 30.5 Å². The summed E-state index contributed by atoms with van der Waals surface area (Å²) in [6.07, 6.45) is -0.882. The second-order valence-electron chi connectivity index (χ2n) is 11.6. The number of halogens is 5. The Bertz CT molecular complexity index is 1340. The van der Waals surface area contributed by atoms with Crippen molar-refractivity contribution in [2.45, 2.75) is 76.4 Å². The average molecular weight is 648 g/mol. The number of hydrogen-bond donors (Lipinski definition) is 3. The Morgan fingerprint density at radius 2 is 1.88 bits per heavy atom. The van der Waals surface area contributed by atoms with Gasteiger partial charge < -0.3 is 30.1 Å². The van der Waals surface area contributed by atoms with E-state index in [0.29, 0.717) is 12.2 Å². The van der Waals surface area contributed by atoms with Gasteiger partial charge in [-0.05, 0) is 64.2 Å². The predicted octanol–water partition coefficient (Wildman–Crippen LogP) is 5.16. The molecule has 2 aliphatic rings. The summed E-state index contributed by atoms with van der Waals surface area (Å²) in [7, 11) is 0. The highest BCUT2D eigenvalue weighted by atomic mass is 35.5. The number of benzene rings is 1. The summed E-state index contributed by atoms with van der Waals surface area (Å²) in [6, 6.07) is 5.92. The van der Waals surface area contributed by atoms with Crippen LogP contribution in [-0.4, -0.2) is 71.1 Å². The van der Waals surface area contributed by atoms with Gasteiger partial charge in [0.05, 0.1) is 22.2 Å². The maximum Gasteiger partial charge on any atom is 0.405 e. The highest BCUT2D eigenvalue weighted by Crippen LogP contribution is 2.49. The quantitative estimate of drug-likeness (QED) is 0.327. The Morgan fingerprint density at radius 1 is 1.19 bits per heavy atom. The van der Waals surface area contributed by atoms with Crippen LogP contribution in [0.1, 0.15) is 57.3 Å². The van der Waals surface area contributed by atoms with Crippen molar-refractivity contribution in [1.82, 2.24) is 15.6 Å². The number of anilines is 1. The van der Waals surface area contributed by atoms with Gasteiger partial charge in [0, 0.05) is 29.9 Å². The van der Waals surface area contributed by atoms with Gasteiger partial charge in [-0.25, -0.2) is 4.98 Å². The second kappa shape index (κ2) is 12.6. The standard InChI is InChI=1S/C29H35Cl2F3N4O5/c1-16-21(37-26(41)27(2,3)43-23-13-22(42-10-9-39)19(30)12-20(23)31)11-18-7-8-28(16,4)38(18)24-6-5-17(14-35-24)25(40)36-15-29(32,33)34/h5-6,12-14,16,18,21,39H,7-11,15H2,1-4H3,(H,36,40)(H,37,41)/t16-,18?,21?,28-/m1/s1. The number of aromatic nitrogens is 1. The molecule has 0 aliphatic carbocycles.